The number of hydrogen-bond acceptors (Lipinski definition) is 3. The quantitative estimate of drug-likeness (QED) is 0.922. The Morgan fingerprint density at radius 1 is 1.19 bits per heavy atom. The Bertz CT molecular complexity index is 497. The van der Waals surface area contributed by atoms with E-state index in [9.17, 15) is 9.90 Å². The van der Waals surface area contributed by atoms with E-state index >= 15 is 0 Å². The van der Waals surface area contributed by atoms with Gasteiger partial charge in [0.15, 0.2) is 0 Å². The number of benzene rings is 1. The Morgan fingerprint density at radius 3 is 2.71 bits per heavy atom. The van der Waals surface area contributed by atoms with E-state index in [2.05, 4.69) is 17.0 Å². The normalized spacial score (nSPS) is 23.8. The van der Waals surface area contributed by atoms with Crippen LogP contribution in [-0.4, -0.2) is 42.2 Å². The number of carbonyl (C=O) groups is 1. The molecule has 1 atom stereocenters. The minimum atomic E-state index is 0.0863. The number of aliphatic hydroxyl groups is 1. The summed E-state index contributed by atoms with van der Waals surface area (Å²) in [6.07, 6.45) is 4.40. The van der Waals surface area contributed by atoms with Crippen LogP contribution in [-0.2, 0) is 11.3 Å². The Hall–Kier alpha value is -1.39. The highest BCUT2D eigenvalue weighted by Gasteiger charge is 2.30. The van der Waals surface area contributed by atoms with Crippen molar-refractivity contribution >= 4 is 11.6 Å². The minimum absolute atomic E-state index is 0.0863. The van der Waals surface area contributed by atoms with Crippen LogP contribution >= 0.6 is 0 Å². The zero-order valence-electron chi connectivity index (χ0n) is 12.5. The summed E-state index contributed by atoms with van der Waals surface area (Å²) in [4.78, 5) is 16.4. The van der Waals surface area contributed by atoms with Crippen LogP contribution in [0.5, 0.6) is 0 Å². The van der Waals surface area contributed by atoms with Crippen LogP contribution in [0.2, 0.25) is 0 Å². The maximum absolute atomic E-state index is 12.0. The van der Waals surface area contributed by atoms with Gasteiger partial charge in [-0.05, 0) is 43.6 Å². The number of amides is 1. The van der Waals surface area contributed by atoms with Gasteiger partial charge in [-0.3, -0.25) is 9.69 Å². The second-order valence-electron chi connectivity index (χ2n) is 6.26. The van der Waals surface area contributed by atoms with Crippen LogP contribution in [0.4, 0.5) is 5.69 Å². The molecule has 1 N–H and O–H groups in total. The van der Waals surface area contributed by atoms with Crippen molar-refractivity contribution in [2.45, 2.75) is 32.2 Å². The Kier molecular flexibility index (Phi) is 4.56. The molecule has 1 aromatic carbocycles. The van der Waals surface area contributed by atoms with Gasteiger partial charge in [0, 0.05) is 37.7 Å². The van der Waals surface area contributed by atoms with Crippen LogP contribution in [0.15, 0.2) is 24.3 Å². The second kappa shape index (κ2) is 6.58. The molecule has 0 radical (unpaired) electrons. The number of carbonyl (C=O) groups excluding carboxylic acids is 1. The molecular weight excluding hydrogens is 264 g/mol. The summed E-state index contributed by atoms with van der Waals surface area (Å²) >= 11 is 0. The van der Waals surface area contributed by atoms with E-state index in [1.54, 1.807) is 0 Å². The highest BCUT2D eigenvalue weighted by atomic mass is 16.3. The average Bonchev–Trinajstić information content (AvgIpc) is 2.90. The summed E-state index contributed by atoms with van der Waals surface area (Å²) < 4.78 is 0. The lowest BCUT2D eigenvalue weighted by atomic mass is 10.1. The zero-order chi connectivity index (χ0) is 14.7. The molecule has 4 heteroatoms. The first-order chi connectivity index (χ1) is 10.3. The van der Waals surface area contributed by atoms with E-state index < -0.39 is 0 Å². The van der Waals surface area contributed by atoms with Crippen molar-refractivity contribution < 1.29 is 9.90 Å². The van der Waals surface area contributed by atoms with Crippen LogP contribution in [0.25, 0.3) is 0 Å². The molecule has 21 heavy (non-hydrogen) atoms. The molecule has 1 aromatic rings. The summed E-state index contributed by atoms with van der Waals surface area (Å²) in [5.74, 6) is 0.215. The molecule has 1 amide bonds. The predicted molar refractivity (Wildman–Crippen MR) is 83.1 cm³/mol. The smallest absolute Gasteiger partial charge is 0.227 e. The molecule has 0 saturated carbocycles. The van der Waals surface area contributed by atoms with Crippen molar-refractivity contribution in [2.75, 3.05) is 31.1 Å². The molecule has 2 aliphatic heterocycles. The topological polar surface area (TPSA) is 43.8 Å². The fourth-order valence-corrected chi connectivity index (χ4v) is 3.35. The van der Waals surface area contributed by atoms with E-state index in [4.69, 9.17) is 0 Å². The first kappa shape index (κ1) is 14.5. The van der Waals surface area contributed by atoms with Gasteiger partial charge in [0.05, 0.1) is 0 Å². The maximum Gasteiger partial charge on any atom is 0.227 e. The second-order valence-corrected chi connectivity index (χ2v) is 6.26. The van der Waals surface area contributed by atoms with Gasteiger partial charge in [-0.2, -0.15) is 0 Å². The lowest BCUT2D eigenvalue weighted by molar-refractivity contribution is -0.117. The molecule has 2 aliphatic rings. The molecule has 2 heterocycles. The summed E-state index contributed by atoms with van der Waals surface area (Å²) in [5, 5.41) is 9.23. The van der Waals surface area contributed by atoms with Crippen molar-refractivity contribution in [1.82, 2.24) is 4.90 Å². The molecule has 2 saturated heterocycles. The molecule has 0 bridgehead atoms. The first-order valence-electron chi connectivity index (χ1n) is 7.99. The average molecular weight is 288 g/mol. The summed E-state index contributed by atoms with van der Waals surface area (Å²) in [6.45, 7) is 4.07. The van der Waals surface area contributed by atoms with Gasteiger partial charge in [-0.1, -0.05) is 18.6 Å². The van der Waals surface area contributed by atoms with Crippen molar-refractivity contribution in [2.24, 2.45) is 5.92 Å². The monoisotopic (exact) mass is 288 g/mol. The predicted octanol–water partition coefficient (Wildman–Crippen LogP) is 2.02. The summed E-state index contributed by atoms with van der Waals surface area (Å²) in [7, 11) is 0. The van der Waals surface area contributed by atoms with Crippen molar-refractivity contribution in [1.29, 1.82) is 0 Å². The number of anilines is 1. The van der Waals surface area contributed by atoms with Gasteiger partial charge in [0.1, 0.15) is 0 Å². The van der Waals surface area contributed by atoms with Crippen molar-refractivity contribution in [3.63, 3.8) is 0 Å². The fourth-order valence-electron chi connectivity index (χ4n) is 3.35. The number of rotatable bonds is 4. The zero-order valence-corrected chi connectivity index (χ0v) is 12.5. The number of nitrogens with zero attached hydrogens (tertiary/aromatic N) is 2. The molecule has 1 unspecified atom stereocenters. The van der Waals surface area contributed by atoms with Crippen LogP contribution in [0.3, 0.4) is 0 Å². The Balaban J connectivity index is 1.69. The largest absolute Gasteiger partial charge is 0.396 e. The van der Waals surface area contributed by atoms with Crippen LogP contribution in [0.1, 0.15) is 31.2 Å². The SMILES string of the molecule is O=C1CC(CO)CN1c1cccc(CN2CCCCC2)c1. The molecule has 2 fully saturated rings. The standard InChI is InChI=1S/C17H24N2O2/c20-13-15-10-17(21)19(12-15)16-6-4-5-14(9-16)11-18-7-2-1-3-8-18/h4-6,9,15,20H,1-3,7-8,10-13H2. The molecular formula is C17H24N2O2. The van der Waals surface area contributed by atoms with Crippen LogP contribution < -0.4 is 4.90 Å². The van der Waals surface area contributed by atoms with E-state index in [-0.39, 0.29) is 18.4 Å². The molecule has 0 spiro atoms. The third-order valence-electron chi connectivity index (χ3n) is 4.54. The van der Waals surface area contributed by atoms with Crippen molar-refractivity contribution in [3.8, 4) is 0 Å². The lowest BCUT2D eigenvalue weighted by Gasteiger charge is -2.27. The fraction of sp³-hybridized carbons (Fsp3) is 0.588. The number of hydrogen-bond donors (Lipinski definition) is 1. The molecule has 4 nitrogen and oxygen atoms in total. The van der Waals surface area contributed by atoms with Crippen LogP contribution in [0, 0.1) is 5.92 Å². The van der Waals surface area contributed by atoms with Gasteiger partial charge >= 0.3 is 0 Å². The number of likely N-dealkylation sites (tertiary alicyclic amines) is 1. The van der Waals surface area contributed by atoms with Gasteiger partial charge in [-0.25, -0.2) is 0 Å². The summed E-state index contributed by atoms with van der Waals surface area (Å²) in [5.41, 5.74) is 2.25. The third kappa shape index (κ3) is 3.44. The van der Waals surface area contributed by atoms with Gasteiger partial charge < -0.3 is 10.0 Å². The molecule has 3 rings (SSSR count). The van der Waals surface area contributed by atoms with E-state index in [1.165, 1.54) is 37.9 Å². The van der Waals surface area contributed by atoms with Gasteiger partial charge in [0.2, 0.25) is 5.91 Å². The highest BCUT2D eigenvalue weighted by Crippen LogP contribution is 2.26. The first-order valence-corrected chi connectivity index (χ1v) is 7.99. The third-order valence-corrected chi connectivity index (χ3v) is 4.54. The Labute approximate surface area is 126 Å². The molecule has 114 valence electrons. The number of aliphatic hydroxyl groups excluding tert-OH is 1. The van der Waals surface area contributed by atoms with E-state index in [1.807, 2.05) is 17.0 Å². The minimum Gasteiger partial charge on any atom is -0.396 e. The Morgan fingerprint density at radius 2 is 2.00 bits per heavy atom. The van der Waals surface area contributed by atoms with Crippen molar-refractivity contribution in [3.05, 3.63) is 29.8 Å². The van der Waals surface area contributed by atoms with Gasteiger partial charge in [-0.15, -0.1) is 0 Å². The highest BCUT2D eigenvalue weighted by molar-refractivity contribution is 5.95. The molecule has 0 aliphatic carbocycles. The van der Waals surface area contributed by atoms with E-state index in [0.717, 1.165) is 12.2 Å². The number of piperidine rings is 1. The lowest BCUT2D eigenvalue weighted by Crippen LogP contribution is -2.29. The maximum atomic E-state index is 12.0. The van der Waals surface area contributed by atoms with Gasteiger partial charge in [0.25, 0.3) is 0 Å². The molecule has 0 aromatic heterocycles. The summed E-state index contributed by atoms with van der Waals surface area (Å²) in [6, 6.07) is 8.31. The van der Waals surface area contributed by atoms with E-state index in [0.29, 0.717) is 13.0 Å².